The van der Waals surface area contributed by atoms with Crippen LogP contribution in [0.5, 0.6) is 0 Å². The molecule has 0 unspecified atom stereocenters. The van der Waals surface area contributed by atoms with E-state index in [1.165, 1.54) is 0 Å². The Labute approximate surface area is 102 Å². The van der Waals surface area contributed by atoms with Crippen LogP contribution in [0.25, 0.3) is 0 Å². The minimum Gasteiger partial charge on any atom is -0.335 e. The van der Waals surface area contributed by atoms with E-state index in [1.54, 1.807) is 6.20 Å². The van der Waals surface area contributed by atoms with Crippen molar-refractivity contribution >= 4 is 5.78 Å². The van der Waals surface area contributed by atoms with Gasteiger partial charge in [-0.25, -0.2) is 4.98 Å². The number of hydrogen-bond acceptors (Lipinski definition) is 3. The number of aromatic nitrogens is 2. The molecule has 0 spiro atoms. The number of rotatable bonds is 5. The Morgan fingerprint density at radius 2 is 2.24 bits per heavy atom. The Balaban J connectivity index is 2.10. The van der Waals surface area contributed by atoms with E-state index in [0.717, 1.165) is 38.1 Å². The predicted molar refractivity (Wildman–Crippen MR) is 66.6 cm³/mol. The number of nitrogens with two attached hydrogens (primary N) is 1. The Kier molecular flexibility index (Phi) is 3.62. The lowest BCUT2D eigenvalue weighted by molar-refractivity contribution is -0.127. The van der Waals surface area contributed by atoms with Crippen molar-refractivity contribution in [2.45, 2.75) is 45.6 Å². The summed E-state index contributed by atoms with van der Waals surface area (Å²) in [5.74, 6) is 1.15. The van der Waals surface area contributed by atoms with Crippen LogP contribution in [0.15, 0.2) is 12.4 Å². The second-order valence-corrected chi connectivity index (χ2v) is 4.92. The number of aryl methyl sites for hydroxylation is 1. The molecule has 0 atom stereocenters. The van der Waals surface area contributed by atoms with Crippen LogP contribution in [-0.2, 0) is 17.8 Å². The molecule has 2 rings (SSSR count). The number of nitrogens with zero attached hydrogens (tertiary/aromatic N) is 2. The van der Waals surface area contributed by atoms with Gasteiger partial charge in [0.15, 0.2) is 0 Å². The molecule has 1 aliphatic carbocycles. The molecule has 1 aromatic heterocycles. The summed E-state index contributed by atoms with van der Waals surface area (Å²) in [6.45, 7) is 3.40. The highest BCUT2D eigenvalue weighted by molar-refractivity contribution is 5.86. The summed E-state index contributed by atoms with van der Waals surface area (Å²) in [5.41, 5.74) is 5.56. The van der Waals surface area contributed by atoms with Crippen LogP contribution in [0, 0.1) is 5.41 Å². The van der Waals surface area contributed by atoms with Crippen molar-refractivity contribution in [3.8, 4) is 0 Å². The standard InChI is InChI=1S/C13H21N3O/c1-2-16-8-7-15-12(16)9-11(17)13(10-14)5-3-4-6-13/h7-8H,2-6,9-10,14H2,1H3. The van der Waals surface area contributed by atoms with Gasteiger partial charge in [-0.05, 0) is 19.8 Å². The molecule has 1 aromatic rings. The first-order chi connectivity index (χ1) is 8.22. The SMILES string of the molecule is CCn1ccnc1CC(=O)C1(CN)CCCC1. The van der Waals surface area contributed by atoms with Crippen molar-refractivity contribution in [2.75, 3.05) is 6.54 Å². The molecule has 1 fully saturated rings. The lowest BCUT2D eigenvalue weighted by Crippen LogP contribution is -2.37. The lowest BCUT2D eigenvalue weighted by atomic mass is 9.80. The number of carbonyl (C=O) groups excluding carboxylic acids is 1. The third kappa shape index (κ3) is 2.27. The van der Waals surface area contributed by atoms with Crippen LogP contribution in [0.2, 0.25) is 0 Å². The van der Waals surface area contributed by atoms with Gasteiger partial charge in [0.2, 0.25) is 0 Å². The summed E-state index contributed by atoms with van der Waals surface area (Å²) in [7, 11) is 0. The molecule has 1 heterocycles. The Morgan fingerprint density at radius 1 is 1.53 bits per heavy atom. The van der Waals surface area contributed by atoms with Gasteiger partial charge in [-0.2, -0.15) is 0 Å². The smallest absolute Gasteiger partial charge is 0.147 e. The van der Waals surface area contributed by atoms with Crippen LogP contribution >= 0.6 is 0 Å². The summed E-state index contributed by atoms with van der Waals surface area (Å²) < 4.78 is 2.02. The van der Waals surface area contributed by atoms with Gasteiger partial charge in [0.1, 0.15) is 11.6 Å². The fourth-order valence-corrected chi connectivity index (χ4v) is 2.77. The van der Waals surface area contributed by atoms with Gasteiger partial charge >= 0.3 is 0 Å². The summed E-state index contributed by atoms with van der Waals surface area (Å²) in [4.78, 5) is 16.7. The molecular formula is C13H21N3O. The van der Waals surface area contributed by atoms with E-state index in [1.807, 2.05) is 10.8 Å². The van der Waals surface area contributed by atoms with Crippen molar-refractivity contribution in [1.29, 1.82) is 0 Å². The average molecular weight is 235 g/mol. The van der Waals surface area contributed by atoms with E-state index in [2.05, 4.69) is 11.9 Å². The number of ketones is 1. The maximum atomic E-state index is 12.4. The first kappa shape index (κ1) is 12.3. The van der Waals surface area contributed by atoms with Crippen LogP contribution in [-0.4, -0.2) is 21.9 Å². The first-order valence-electron chi connectivity index (χ1n) is 6.45. The highest BCUT2D eigenvalue weighted by atomic mass is 16.1. The summed E-state index contributed by atoms with van der Waals surface area (Å²) >= 11 is 0. The maximum Gasteiger partial charge on any atom is 0.147 e. The van der Waals surface area contributed by atoms with Crippen LogP contribution in [0.3, 0.4) is 0 Å². The highest BCUT2D eigenvalue weighted by Crippen LogP contribution is 2.38. The highest BCUT2D eigenvalue weighted by Gasteiger charge is 2.39. The molecule has 0 aromatic carbocycles. The van der Waals surface area contributed by atoms with Gasteiger partial charge in [0.05, 0.1) is 6.42 Å². The Bertz CT molecular complexity index is 391. The van der Waals surface area contributed by atoms with Gasteiger partial charge in [0, 0.05) is 30.9 Å². The zero-order chi connectivity index (χ0) is 12.3. The number of carbonyl (C=O) groups is 1. The van der Waals surface area contributed by atoms with Crippen molar-refractivity contribution < 1.29 is 4.79 Å². The zero-order valence-corrected chi connectivity index (χ0v) is 10.5. The van der Waals surface area contributed by atoms with Gasteiger partial charge in [-0.3, -0.25) is 4.79 Å². The fourth-order valence-electron chi connectivity index (χ4n) is 2.77. The van der Waals surface area contributed by atoms with E-state index in [4.69, 9.17) is 5.73 Å². The van der Waals surface area contributed by atoms with Crippen molar-refractivity contribution in [1.82, 2.24) is 9.55 Å². The minimum absolute atomic E-state index is 0.259. The van der Waals surface area contributed by atoms with E-state index in [0.29, 0.717) is 13.0 Å². The predicted octanol–water partition coefficient (Wildman–Crippen LogP) is 1.53. The fraction of sp³-hybridized carbons (Fsp3) is 0.692. The molecule has 0 radical (unpaired) electrons. The van der Waals surface area contributed by atoms with Crippen molar-refractivity contribution in [2.24, 2.45) is 11.1 Å². The van der Waals surface area contributed by atoms with E-state index in [-0.39, 0.29) is 11.2 Å². The van der Waals surface area contributed by atoms with Crippen LogP contribution in [0.1, 0.15) is 38.4 Å². The van der Waals surface area contributed by atoms with E-state index in [9.17, 15) is 4.79 Å². The lowest BCUT2D eigenvalue weighted by Gasteiger charge is -2.25. The molecule has 0 saturated heterocycles. The summed E-state index contributed by atoms with van der Waals surface area (Å²) in [6.07, 6.45) is 8.28. The quantitative estimate of drug-likeness (QED) is 0.842. The third-order valence-electron chi connectivity index (χ3n) is 4.00. The number of Topliss-reactive ketones (excluding diaryl/α,β-unsaturated/α-hetero) is 1. The average Bonchev–Trinajstić information content (AvgIpc) is 2.97. The Hall–Kier alpha value is -1.16. The monoisotopic (exact) mass is 235 g/mol. The van der Waals surface area contributed by atoms with Crippen molar-refractivity contribution in [3.05, 3.63) is 18.2 Å². The van der Waals surface area contributed by atoms with Crippen LogP contribution < -0.4 is 5.73 Å². The first-order valence-corrected chi connectivity index (χ1v) is 6.45. The number of hydrogen-bond donors (Lipinski definition) is 1. The molecule has 17 heavy (non-hydrogen) atoms. The molecule has 1 saturated carbocycles. The third-order valence-corrected chi connectivity index (χ3v) is 4.00. The molecule has 94 valence electrons. The van der Waals surface area contributed by atoms with E-state index >= 15 is 0 Å². The molecule has 1 aliphatic rings. The molecule has 0 amide bonds. The molecule has 2 N–H and O–H groups in total. The molecule has 4 heteroatoms. The topological polar surface area (TPSA) is 60.9 Å². The maximum absolute atomic E-state index is 12.4. The molecular weight excluding hydrogens is 214 g/mol. The Morgan fingerprint density at radius 3 is 2.82 bits per heavy atom. The minimum atomic E-state index is -0.259. The van der Waals surface area contributed by atoms with Crippen molar-refractivity contribution in [3.63, 3.8) is 0 Å². The second kappa shape index (κ2) is 5.00. The van der Waals surface area contributed by atoms with Crippen LogP contribution in [0.4, 0.5) is 0 Å². The van der Waals surface area contributed by atoms with Gasteiger partial charge in [-0.1, -0.05) is 12.8 Å². The molecule has 4 nitrogen and oxygen atoms in total. The second-order valence-electron chi connectivity index (χ2n) is 4.92. The zero-order valence-electron chi connectivity index (χ0n) is 10.5. The number of imidazole rings is 1. The van der Waals surface area contributed by atoms with Gasteiger partial charge < -0.3 is 10.3 Å². The normalized spacial score (nSPS) is 18.5. The summed E-state index contributed by atoms with van der Waals surface area (Å²) in [5, 5.41) is 0. The molecule has 0 aliphatic heterocycles. The van der Waals surface area contributed by atoms with E-state index < -0.39 is 0 Å². The van der Waals surface area contributed by atoms with Gasteiger partial charge in [0.25, 0.3) is 0 Å². The van der Waals surface area contributed by atoms with Gasteiger partial charge in [-0.15, -0.1) is 0 Å². The molecule has 0 bridgehead atoms. The largest absolute Gasteiger partial charge is 0.335 e. The summed E-state index contributed by atoms with van der Waals surface area (Å²) in [6, 6.07) is 0.